The number of nitrogens with one attached hydrogen (secondary N) is 2. The summed E-state index contributed by atoms with van der Waals surface area (Å²) >= 11 is 0. The molecule has 60 valence electrons. The third kappa shape index (κ3) is 7.46. The van der Waals surface area contributed by atoms with Gasteiger partial charge in [0.05, 0.1) is 6.54 Å². The number of halogens is 1. The van der Waals surface area contributed by atoms with E-state index in [4.69, 9.17) is 0 Å². The van der Waals surface area contributed by atoms with E-state index in [2.05, 4.69) is 17.2 Å². The molecule has 3 nitrogen and oxygen atoms in total. The molecule has 0 unspecified atom stereocenters. The van der Waals surface area contributed by atoms with Gasteiger partial charge >= 0.3 is 0 Å². The van der Waals surface area contributed by atoms with E-state index in [1.807, 2.05) is 0 Å². The van der Waals surface area contributed by atoms with E-state index in [0.717, 1.165) is 0 Å². The molecule has 0 aromatic rings. The summed E-state index contributed by atoms with van der Waals surface area (Å²) in [5.41, 5.74) is 0. The van der Waals surface area contributed by atoms with Crippen LogP contribution in [-0.2, 0) is 4.79 Å². The molecule has 0 aromatic carbocycles. The van der Waals surface area contributed by atoms with E-state index in [0.29, 0.717) is 13.1 Å². The van der Waals surface area contributed by atoms with Gasteiger partial charge in [-0.1, -0.05) is 6.08 Å². The van der Waals surface area contributed by atoms with Gasteiger partial charge in [0.25, 0.3) is 0 Å². The van der Waals surface area contributed by atoms with Crippen molar-refractivity contribution in [2.75, 3.05) is 20.1 Å². The average molecular weight is 165 g/mol. The van der Waals surface area contributed by atoms with Gasteiger partial charge in [-0.3, -0.25) is 4.79 Å². The molecule has 0 aliphatic heterocycles. The molecule has 0 rings (SSSR count). The lowest BCUT2D eigenvalue weighted by Gasteiger charge is -1.98. The molecular formula is C6H13ClN2O. The Morgan fingerprint density at radius 3 is 2.70 bits per heavy atom. The van der Waals surface area contributed by atoms with E-state index < -0.39 is 0 Å². The van der Waals surface area contributed by atoms with Crippen molar-refractivity contribution in [3.8, 4) is 0 Å². The maximum absolute atomic E-state index is 10.6. The second-order valence-electron chi connectivity index (χ2n) is 1.62. The van der Waals surface area contributed by atoms with Crippen molar-refractivity contribution in [3.63, 3.8) is 0 Å². The van der Waals surface area contributed by atoms with Crippen molar-refractivity contribution in [2.45, 2.75) is 0 Å². The van der Waals surface area contributed by atoms with Crippen LogP contribution in [0, 0.1) is 0 Å². The quantitative estimate of drug-likeness (QED) is 0.572. The topological polar surface area (TPSA) is 41.1 Å². The molecule has 0 fully saturated rings. The molecule has 1 amide bonds. The maximum Gasteiger partial charge on any atom is 0.234 e. The van der Waals surface area contributed by atoms with Crippen LogP contribution in [0.4, 0.5) is 0 Å². The molecule has 2 N–H and O–H groups in total. The molecular weight excluding hydrogens is 152 g/mol. The normalized spacial score (nSPS) is 7.70. The minimum absolute atomic E-state index is 0. The first-order chi connectivity index (χ1) is 4.31. The predicted molar refractivity (Wildman–Crippen MR) is 44.4 cm³/mol. The Labute approximate surface area is 67.3 Å². The van der Waals surface area contributed by atoms with Gasteiger partial charge in [-0.05, 0) is 7.05 Å². The lowest BCUT2D eigenvalue weighted by atomic mass is 10.5. The molecule has 0 spiro atoms. The fourth-order valence-corrected chi connectivity index (χ4v) is 0.409. The largest absolute Gasteiger partial charge is 0.352 e. The molecule has 0 saturated carbocycles. The molecule has 0 atom stereocenters. The molecule has 10 heavy (non-hydrogen) atoms. The van der Waals surface area contributed by atoms with Crippen molar-refractivity contribution in [2.24, 2.45) is 0 Å². The maximum atomic E-state index is 10.6. The zero-order valence-corrected chi connectivity index (χ0v) is 6.83. The first kappa shape index (κ1) is 12.2. The SMILES string of the molecule is C=CCNC(=O)CNC.Cl. The summed E-state index contributed by atoms with van der Waals surface area (Å²) in [6.45, 7) is 4.37. The summed E-state index contributed by atoms with van der Waals surface area (Å²) in [6, 6.07) is 0. The fourth-order valence-electron chi connectivity index (χ4n) is 0.409. The van der Waals surface area contributed by atoms with Gasteiger partial charge in [-0.2, -0.15) is 0 Å². The number of carbonyl (C=O) groups is 1. The first-order valence-corrected chi connectivity index (χ1v) is 2.83. The van der Waals surface area contributed by atoms with E-state index in [9.17, 15) is 4.79 Å². The van der Waals surface area contributed by atoms with Crippen LogP contribution in [0.5, 0.6) is 0 Å². The molecule has 0 heterocycles. The van der Waals surface area contributed by atoms with Crippen LogP contribution in [0.3, 0.4) is 0 Å². The Hall–Kier alpha value is -0.540. The summed E-state index contributed by atoms with van der Waals surface area (Å²) in [6.07, 6.45) is 1.65. The van der Waals surface area contributed by atoms with Crippen LogP contribution in [0.2, 0.25) is 0 Å². The van der Waals surface area contributed by atoms with Crippen molar-refractivity contribution in [3.05, 3.63) is 12.7 Å². The zero-order chi connectivity index (χ0) is 7.11. The highest BCUT2D eigenvalue weighted by molar-refractivity contribution is 5.85. The van der Waals surface area contributed by atoms with E-state index in [-0.39, 0.29) is 18.3 Å². The standard InChI is InChI=1S/C6H12N2O.ClH/c1-3-4-8-6(9)5-7-2;/h3,7H,1,4-5H2,2H3,(H,8,9);1H. The second kappa shape index (κ2) is 8.46. The summed E-state index contributed by atoms with van der Waals surface area (Å²) < 4.78 is 0. The average Bonchev–Trinajstić information content (AvgIpc) is 1.85. The van der Waals surface area contributed by atoms with E-state index >= 15 is 0 Å². The lowest BCUT2D eigenvalue weighted by Crippen LogP contribution is -2.31. The lowest BCUT2D eigenvalue weighted by molar-refractivity contribution is -0.119. The van der Waals surface area contributed by atoms with Gasteiger partial charge in [0.2, 0.25) is 5.91 Å². The summed E-state index contributed by atoms with van der Waals surface area (Å²) in [7, 11) is 1.73. The zero-order valence-electron chi connectivity index (χ0n) is 6.02. The van der Waals surface area contributed by atoms with Gasteiger partial charge in [-0.25, -0.2) is 0 Å². The van der Waals surface area contributed by atoms with Gasteiger partial charge in [0.1, 0.15) is 0 Å². The van der Waals surface area contributed by atoms with E-state index in [1.54, 1.807) is 13.1 Å². The Morgan fingerprint density at radius 1 is 1.70 bits per heavy atom. The van der Waals surface area contributed by atoms with Crippen molar-refractivity contribution in [1.29, 1.82) is 0 Å². The van der Waals surface area contributed by atoms with E-state index in [1.165, 1.54) is 0 Å². The Balaban J connectivity index is 0. The van der Waals surface area contributed by atoms with Crippen LogP contribution in [0.25, 0.3) is 0 Å². The Morgan fingerprint density at radius 2 is 2.30 bits per heavy atom. The Bertz CT molecular complexity index is 106. The monoisotopic (exact) mass is 164 g/mol. The van der Waals surface area contributed by atoms with Crippen LogP contribution in [-0.4, -0.2) is 26.0 Å². The molecule has 0 aliphatic carbocycles. The summed E-state index contributed by atoms with van der Waals surface area (Å²) in [5, 5.41) is 5.34. The minimum Gasteiger partial charge on any atom is -0.352 e. The number of amides is 1. The molecule has 0 radical (unpaired) electrons. The second-order valence-corrected chi connectivity index (χ2v) is 1.62. The summed E-state index contributed by atoms with van der Waals surface area (Å²) in [5.74, 6) is -0.00241. The highest BCUT2D eigenvalue weighted by Crippen LogP contribution is 1.62. The molecule has 0 saturated heterocycles. The van der Waals surface area contributed by atoms with Crippen molar-refractivity contribution >= 4 is 18.3 Å². The number of likely N-dealkylation sites (N-methyl/N-ethyl adjacent to an activating group) is 1. The highest BCUT2D eigenvalue weighted by Gasteiger charge is 1.92. The van der Waals surface area contributed by atoms with Gasteiger partial charge in [0, 0.05) is 6.54 Å². The van der Waals surface area contributed by atoms with Crippen molar-refractivity contribution < 1.29 is 4.79 Å². The minimum atomic E-state index is -0.00241. The smallest absolute Gasteiger partial charge is 0.234 e. The molecule has 0 aromatic heterocycles. The highest BCUT2D eigenvalue weighted by atomic mass is 35.5. The van der Waals surface area contributed by atoms with Crippen LogP contribution in [0.15, 0.2) is 12.7 Å². The summed E-state index contributed by atoms with van der Waals surface area (Å²) in [4.78, 5) is 10.6. The van der Waals surface area contributed by atoms with Crippen molar-refractivity contribution in [1.82, 2.24) is 10.6 Å². The molecule has 0 bridgehead atoms. The number of hydrogen-bond acceptors (Lipinski definition) is 2. The van der Waals surface area contributed by atoms with Gasteiger partial charge in [-0.15, -0.1) is 19.0 Å². The Kier molecular flexibility index (Phi) is 10.3. The van der Waals surface area contributed by atoms with Gasteiger partial charge in [0.15, 0.2) is 0 Å². The van der Waals surface area contributed by atoms with Gasteiger partial charge < -0.3 is 10.6 Å². The fraction of sp³-hybridized carbons (Fsp3) is 0.500. The molecule has 0 aliphatic rings. The number of carbonyl (C=O) groups excluding carboxylic acids is 1. The number of hydrogen-bond donors (Lipinski definition) is 2. The first-order valence-electron chi connectivity index (χ1n) is 2.83. The van der Waals surface area contributed by atoms with Crippen LogP contribution < -0.4 is 10.6 Å². The molecule has 4 heteroatoms. The number of rotatable bonds is 4. The van der Waals surface area contributed by atoms with Crippen LogP contribution in [0.1, 0.15) is 0 Å². The van der Waals surface area contributed by atoms with Crippen LogP contribution >= 0.6 is 12.4 Å². The third-order valence-corrected chi connectivity index (χ3v) is 0.781. The third-order valence-electron chi connectivity index (χ3n) is 0.781. The predicted octanol–water partition coefficient (Wildman–Crippen LogP) is -0.0702.